The molecule has 0 bridgehead atoms. The molecule has 1 atom stereocenters. The van der Waals surface area contributed by atoms with Crippen LogP contribution in [0.1, 0.15) is 22.8 Å². The molecule has 0 aliphatic carbocycles. The monoisotopic (exact) mass is 325 g/mol. The van der Waals surface area contributed by atoms with Crippen molar-refractivity contribution < 1.29 is 14.5 Å². The summed E-state index contributed by atoms with van der Waals surface area (Å²) in [6.07, 6.45) is 0. The van der Waals surface area contributed by atoms with Crippen molar-refractivity contribution in [3.63, 3.8) is 0 Å². The van der Waals surface area contributed by atoms with E-state index in [1.54, 1.807) is 25.1 Å². The molecule has 3 rings (SSSR count). The lowest BCUT2D eigenvalue weighted by Gasteiger charge is -2.23. The van der Waals surface area contributed by atoms with E-state index in [-0.39, 0.29) is 11.6 Å². The molecule has 2 aromatic rings. The van der Waals surface area contributed by atoms with Gasteiger partial charge in [0.2, 0.25) is 5.91 Å². The Kier molecular flexibility index (Phi) is 3.99. The molecule has 7 nitrogen and oxygen atoms in total. The van der Waals surface area contributed by atoms with Gasteiger partial charge in [-0.05, 0) is 24.6 Å². The zero-order valence-electron chi connectivity index (χ0n) is 12.9. The third-order valence-corrected chi connectivity index (χ3v) is 4.02. The Morgan fingerprint density at radius 3 is 2.71 bits per heavy atom. The van der Waals surface area contributed by atoms with E-state index in [4.69, 9.17) is 0 Å². The number of carbonyl (C=O) groups is 2. The van der Waals surface area contributed by atoms with E-state index in [1.807, 2.05) is 12.1 Å². The number of rotatable bonds is 4. The van der Waals surface area contributed by atoms with E-state index in [1.165, 1.54) is 23.1 Å². The number of benzene rings is 2. The summed E-state index contributed by atoms with van der Waals surface area (Å²) in [6.45, 7) is 2.01. The Balaban J connectivity index is 1.73. The van der Waals surface area contributed by atoms with Crippen molar-refractivity contribution in [1.29, 1.82) is 0 Å². The fraction of sp³-hybridized carbons (Fsp3) is 0.176. The molecule has 24 heavy (non-hydrogen) atoms. The zero-order chi connectivity index (χ0) is 17.3. The average Bonchev–Trinajstić information content (AvgIpc) is 2.91. The van der Waals surface area contributed by atoms with Crippen molar-refractivity contribution in [2.75, 3.05) is 5.32 Å². The molecule has 1 N–H and O–H groups in total. The van der Waals surface area contributed by atoms with Crippen molar-refractivity contribution in [3.05, 3.63) is 69.8 Å². The number of nitrogens with one attached hydrogen (secondary N) is 1. The maximum atomic E-state index is 12.4. The first-order chi connectivity index (χ1) is 11.5. The van der Waals surface area contributed by atoms with Crippen molar-refractivity contribution >= 4 is 23.2 Å². The number of nitro benzene ring substituents is 1. The van der Waals surface area contributed by atoms with Crippen LogP contribution in [-0.2, 0) is 11.3 Å². The molecule has 0 fully saturated rings. The first-order valence-electron chi connectivity index (χ1n) is 7.41. The molecule has 122 valence electrons. The van der Waals surface area contributed by atoms with E-state index in [9.17, 15) is 19.7 Å². The Hall–Kier alpha value is -3.22. The fourth-order valence-electron chi connectivity index (χ4n) is 2.68. The Morgan fingerprint density at radius 1 is 1.25 bits per heavy atom. The Bertz CT molecular complexity index is 834. The number of non-ortho nitro benzene ring substituents is 1. The van der Waals surface area contributed by atoms with Crippen LogP contribution in [0.2, 0.25) is 0 Å². The summed E-state index contributed by atoms with van der Waals surface area (Å²) in [5.41, 5.74) is 1.71. The van der Waals surface area contributed by atoms with Gasteiger partial charge in [0.15, 0.2) is 0 Å². The van der Waals surface area contributed by atoms with Crippen LogP contribution < -0.4 is 5.32 Å². The van der Waals surface area contributed by atoms with Crippen molar-refractivity contribution in [2.45, 2.75) is 19.5 Å². The van der Waals surface area contributed by atoms with Crippen LogP contribution in [0, 0.1) is 10.1 Å². The first-order valence-corrected chi connectivity index (χ1v) is 7.41. The highest BCUT2D eigenvalue weighted by Gasteiger charge is 2.33. The topological polar surface area (TPSA) is 92.5 Å². The van der Waals surface area contributed by atoms with Gasteiger partial charge in [0, 0.05) is 29.9 Å². The van der Waals surface area contributed by atoms with E-state index in [0.29, 0.717) is 17.8 Å². The van der Waals surface area contributed by atoms with Crippen LogP contribution in [0.3, 0.4) is 0 Å². The second kappa shape index (κ2) is 6.11. The van der Waals surface area contributed by atoms with Crippen LogP contribution in [0.5, 0.6) is 0 Å². The maximum absolute atomic E-state index is 12.4. The standard InChI is InChI=1S/C17H15N3O4/c1-11(19-10-12-5-2-3-8-15(12)17(19)22)16(21)18-13-6-4-7-14(9-13)20(23)24/h2-9,11H,10H2,1H3,(H,18,21)/t11-/m0/s1. The molecule has 0 spiro atoms. The van der Waals surface area contributed by atoms with E-state index >= 15 is 0 Å². The minimum absolute atomic E-state index is 0.106. The predicted molar refractivity (Wildman–Crippen MR) is 87.5 cm³/mol. The van der Waals surface area contributed by atoms with Crippen molar-refractivity contribution in [1.82, 2.24) is 4.90 Å². The van der Waals surface area contributed by atoms with Gasteiger partial charge in [-0.15, -0.1) is 0 Å². The lowest BCUT2D eigenvalue weighted by molar-refractivity contribution is -0.384. The number of nitrogens with zero attached hydrogens (tertiary/aromatic N) is 2. The third kappa shape index (κ3) is 2.83. The summed E-state index contributed by atoms with van der Waals surface area (Å²) in [7, 11) is 0. The summed E-state index contributed by atoms with van der Waals surface area (Å²) < 4.78 is 0. The number of hydrogen-bond acceptors (Lipinski definition) is 4. The maximum Gasteiger partial charge on any atom is 0.271 e. The summed E-state index contributed by atoms with van der Waals surface area (Å²) >= 11 is 0. The number of nitro groups is 1. The molecule has 1 heterocycles. The Labute approximate surface area is 138 Å². The highest BCUT2D eigenvalue weighted by Crippen LogP contribution is 2.25. The van der Waals surface area contributed by atoms with Gasteiger partial charge in [-0.2, -0.15) is 0 Å². The predicted octanol–water partition coefficient (Wildman–Crippen LogP) is 2.58. The van der Waals surface area contributed by atoms with Gasteiger partial charge in [0.05, 0.1) is 4.92 Å². The molecule has 0 radical (unpaired) electrons. The molecule has 0 aromatic heterocycles. The molecule has 2 aromatic carbocycles. The molecular weight excluding hydrogens is 310 g/mol. The van der Waals surface area contributed by atoms with Crippen LogP contribution in [0.25, 0.3) is 0 Å². The average molecular weight is 325 g/mol. The summed E-state index contributed by atoms with van der Waals surface area (Å²) in [5.74, 6) is -0.580. The number of anilines is 1. The van der Waals surface area contributed by atoms with Gasteiger partial charge in [-0.25, -0.2) is 0 Å². The quantitative estimate of drug-likeness (QED) is 0.690. The summed E-state index contributed by atoms with van der Waals surface area (Å²) in [5, 5.41) is 13.4. The highest BCUT2D eigenvalue weighted by atomic mass is 16.6. The number of hydrogen-bond donors (Lipinski definition) is 1. The van der Waals surface area contributed by atoms with Crippen LogP contribution >= 0.6 is 0 Å². The van der Waals surface area contributed by atoms with Crippen molar-refractivity contribution in [2.24, 2.45) is 0 Å². The summed E-state index contributed by atoms with van der Waals surface area (Å²) in [6, 6.07) is 12.2. The van der Waals surface area contributed by atoms with Gasteiger partial charge < -0.3 is 10.2 Å². The van der Waals surface area contributed by atoms with Crippen LogP contribution in [0.4, 0.5) is 11.4 Å². The third-order valence-electron chi connectivity index (χ3n) is 4.02. The molecule has 0 saturated heterocycles. The SMILES string of the molecule is C[C@@H](C(=O)Nc1cccc([N+](=O)[O-])c1)N1Cc2ccccc2C1=O. The molecule has 0 saturated carbocycles. The molecule has 1 aliphatic rings. The summed E-state index contributed by atoms with van der Waals surface area (Å²) in [4.78, 5) is 36.5. The van der Waals surface area contributed by atoms with Gasteiger partial charge in [-0.3, -0.25) is 19.7 Å². The van der Waals surface area contributed by atoms with E-state index in [0.717, 1.165) is 5.56 Å². The lowest BCUT2D eigenvalue weighted by atomic mass is 10.1. The first kappa shape index (κ1) is 15.7. The van der Waals surface area contributed by atoms with Gasteiger partial charge >= 0.3 is 0 Å². The number of amides is 2. The van der Waals surface area contributed by atoms with Crippen LogP contribution in [0.15, 0.2) is 48.5 Å². The second-order valence-electron chi connectivity index (χ2n) is 5.56. The van der Waals surface area contributed by atoms with E-state index < -0.39 is 16.9 Å². The minimum Gasteiger partial charge on any atom is -0.324 e. The van der Waals surface area contributed by atoms with Crippen LogP contribution in [-0.4, -0.2) is 27.7 Å². The van der Waals surface area contributed by atoms with E-state index in [2.05, 4.69) is 5.32 Å². The van der Waals surface area contributed by atoms with Gasteiger partial charge in [0.1, 0.15) is 6.04 Å². The number of fused-ring (bicyclic) bond motifs is 1. The zero-order valence-corrected chi connectivity index (χ0v) is 12.9. The Morgan fingerprint density at radius 2 is 2.00 bits per heavy atom. The van der Waals surface area contributed by atoms with Gasteiger partial charge in [0.25, 0.3) is 11.6 Å². The largest absolute Gasteiger partial charge is 0.324 e. The molecule has 1 aliphatic heterocycles. The molecular formula is C17H15N3O4. The van der Waals surface area contributed by atoms with Gasteiger partial charge in [-0.1, -0.05) is 24.3 Å². The normalized spacial score (nSPS) is 14.2. The molecule has 2 amide bonds. The number of carbonyl (C=O) groups excluding carboxylic acids is 2. The lowest BCUT2D eigenvalue weighted by Crippen LogP contribution is -2.42. The smallest absolute Gasteiger partial charge is 0.271 e. The molecule has 7 heteroatoms. The molecule has 0 unspecified atom stereocenters. The second-order valence-corrected chi connectivity index (χ2v) is 5.56. The van der Waals surface area contributed by atoms with Crippen molar-refractivity contribution in [3.8, 4) is 0 Å². The highest BCUT2D eigenvalue weighted by molar-refractivity contribution is 6.03. The minimum atomic E-state index is -0.691. The fourth-order valence-corrected chi connectivity index (χ4v) is 2.68.